The van der Waals surface area contributed by atoms with Crippen molar-refractivity contribution in [1.82, 2.24) is 4.90 Å². The molecular weight excluding hydrogens is 244 g/mol. The smallest absolute Gasteiger partial charge is 0.410 e. The molecule has 5 heteroatoms. The zero-order valence-electron chi connectivity index (χ0n) is 11.3. The second-order valence-electron chi connectivity index (χ2n) is 5.30. The summed E-state index contributed by atoms with van der Waals surface area (Å²) in [5, 5.41) is 0. The molecule has 1 aromatic rings. The number of nitrogens with two attached hydrogens (primary N) is 1. The maximum atomic E-state index is 12.1. The molecule has 5 nitrogen and oxygen atoms in total. The number of para-hydroxylation sites is 1. The third-order valence-electron chi connectivity index (χ3n) is 2.95. The number of hydrogen-bond donors (Lipinski definition) is 1. The SMILES string of the molecule is CC1(C)CN(C(=O)Oc2ccccc2)CC(CN)O1. The Balaban J connectivity index is 2.02. The molecule has 1 heterocycles. The molecule has 2 N–H and O–H groups in total. The van der Waals surface area contributed by atoms with E-state index in [0.717, 1.165) is 0 Å². The number of morpholine rings is 1. The molecule has 0 radical (unpaired) electrons. The van der Waals surface area contributed by atoms with Crippen LogP contribution in [0.1, 0.15) is 13.8 Å². The van der Waals surface area contributed by atoms with Crippen molar-refractivity contribution in [2.45, 2.75) is 25.6 Å². The largest absolute Gasteiger partial charge is 0.415 e. The molecule has 0 spiro atoms. The highest BCUT2D eigenvalue weighted by Gasteiger charge is 2.35. The first-order valence-electron chi connectivity index (χ1n) is 6.40. The van der Waals surface area contributed by atoms with Gasteiger partial charge in [-0.1, -0.05) is 18.2 Å². The molecule has 0 aromatic heterocycles. The highest BCUT2D eigenvalue weighted by Crippen LogP contribution is 2.21. The van der Waals surface area contributed by atoms with Crippen LogP contribution >= 0.6 is 0 Å². The van der Waals surface area contributed by atoms with E-state index in [-0.39, 0.29) is 12.2 Å². The summed E-state index contributed by atoms with van der Waals surface area (Å²) in [6.07, 6.45) is -0.506. The van der Waals surface area contributed by atoms with Gasteiger partial charge in [0, 0.05) is 6.54 Å². The van der Waals surface area contributed by atoms with E-state index in [1.54, 1.807) is 17.0 Å². The number of amides is 1. The van der Waals surface area contributed by atoms with Crippen LogP contribution in [0.5, 0.6) is 5.75 Å². The number of ether oxygens (including phenoxy) is 2. The Morgan fingerprint density at radius 1 is 1.47 bits per heavy atom. The van der Waals surface area contributed by atoms with E-state index in [1.807, 2.05) is 32.0 Å². The highest BCUT2D eigenvalue weighted by molar-refractivity contribution is 5.71. The minimum atomic E-state index is -0.405. The number of carbonyl (C=O) groups is 1. The summed E-state index contributed by atoms with van der Waals surface area (Å²) in [6, 6.07) is 9.04. The van der Waals surface area contributed by atoms with Crippen molar-refractivity contribution in [3.63, 3.8) is 0 Å². The van der Waals surface area contributed by atoms with Gasteiger partial charge in [0.2, 0.25) is 0 Å². The number of hydrogen-bond acceptors (Lipinski definition) is 4. The summed E-state index contributed by atoms with van der Waals surface area (Å²) in [4.78, 5) is 13.8. The molecule has 1 amide bonds. The molecule has 1 fully saturated rings. The lowest BCUT2D eigenvalue weighted by molar-refractivity contribution is -0.123. The topological polar surface area (TPSA) is 64.8 Å². The van der Waals surface area contributed by atoms with Crippen LogP contribution in [-0.4, -0.2) is 42.3 Å². The summed E-state index contributed by atoms with van der Waals surface area (Å²) in [6.45, 7) is 5.23. The van der Waals surface area contributed by atoms with E-state index in [4.69, 9.17) is 15.2 Å². The third-order valence-corrected chi connectivity index (χ3v) is 2.95. The minimum Gasteiger partial charge on any atom is -0.410 e. The first kappa shape index (κ1) is 13.8. The van der Waals surface area contributed by atoms with E-state index in [0.29, 0.717) is 25.4 Å². The quantitative estimate of drug-likeness (QED) is 0.881. The van der Waals surface area contributed by atoms with Gasteiger partial charge in [-0.2, -0.15) is 0 Å². The van der Waals surface area contributed by atoms with Gasteiger partial charge in [0.1, 0.15) is 5.75 Å². The fourth-order valence-electron chi connectivity index (χ4n) is 2.21. The van der Waals surface area contributed by atoms with Crippen molar-refractivity contribution in [2.75, 3.05) is 19.6 Å². The van der Waals surface area contributed by atoms with Crippen LogP contribution in [0.4, 0.5) is 4.79 Å². The zero-order chi connectivity index (χ0) is 13.9. The van der Waals surface area contributed by atoms with E-state index in [9.17, 15) is 4.79 Å². The normalized spacial score (nSPS) is 22.1. The molecule has 0 aliphatic carbocycles. The van der Waals surface area contributed by atoms with Crippen molar-refractivity contribution >= 4 is 6.09 Å². The predicted molar refractivity (Wildman–Crippen MR) is 72.0 cm³/mol. The number of nitrogens with zero attached hydrogens (tertiary/aromatic N) is 1. The van der Waals surface area contributed by atoms with Crippen molar-refractivity contribution in [1.29, 1.82) is 0 Å². The van der Waals surface area contributed by atoms with E-state index in [2.05, 4.69) is 0 Å². The number of rotatable bonds is 2. The van der Waals surface area contributed by atoms with Crippen molar-refractivity contribution in [2.24, 2.45) is 5.73 Å². The summed E-state index contributed by atoms with van der Waals surface area (Å²) in [5.41, 5.74) is 5.23. The Morgan fingerprint density at radius 3 is 2.79 bits per heavy atom. The Hall–Kier alpha value is -1.59. The maximum Gasteiger partial charge on any atom is 0.415 e. The standard InChI is InChI=1S/C14H20N2O3/c1-14(2)10-16(9-12(8-15)19-14)13(17)18-11-6-4-3-5-7-11/h3-7,12H,8-10,15H2,1-2H3. The van der Waals surface area contributed by atoms with Crippen LogP contribution in [0.3, 0.4) is 0 Å². The van der Waals surface area contributed by atoms with E-state index < -0.39 is 5.60 Å². The van der Waals surface area contributed by atoms with E-state index >= 15 is 0 Å². The van der Waals surface area contributed by atoms with Gasteiger partial charge in [0.25, 0.3) is 0 Å². The van der Waals surface area contributed by atoms with E-state index in [1.165, 1.54) is 0 Å². The van der Waals surface area contributed by atoms with Gasteiger partial charge in [-0.05, 0) is 26.0 Å². The van der Waals surface area contributed by atoms with Crippen LogP contribution in [0.15, 0.2) is 30.3 Å². The van der Waals surface area contributed by atoms with Gasteiger partial charge in [-0.15, -0.1) is 0 Å². The first-order valence-corrected chi connectivity index (χ1v) is 6.40. The van der Waals surface area contributed by atoms with Gasteiger partial charge in [-0.25, -0.2) is 4.79 Å². The fourth-order valence-corrected chi connectivity index (χ4v) is 2.21. The fraction of sp³-hybridized carbons (Fsp3) is 0.500. The number of carbonyl (C=O) groups excluding carboxylic acids is 1. The molecule has 1 saturated heterocycles. The highest BCUT2D eigenvalue weighted by atomic mass is 16.6. The molecule has 1 aliphatic rings. The lowest BCUT2D eigenvalue weighted by Crippen LogP contribution is -2.56. The maximum absolute atomic E-state index is 12.1. The van der Waals surface area contributed by atoms with Crippen LogP contribution < -0.4 is 10.5 Å². The molecule has 2 rings (SSSR count). The van der Waals surface area contributed by atoms with Crippen LogP contribution in [0.25, 0.3) is 0 Å². The Morgan fingerprint density at radius 2 is 2.16 bits per heavy atom. The van der Waals surface area contributed by atoms with Gasteiger partial charge < -0.3 is 20.1 Å². The molecular formula is C14H20N2O3. The number of benzene rings is 1. The van der Waals surface area contributed by atoms with Crippen molar-refractivity contribution in [3.8, 4) is 5.75 Å². The van der Waals surface area contributed by atoms with Crippen molar-refractivity contribution < 1.29 is 14.3 Å². The summed E-state index contributed by atoms with van der Waals surface area (Å²) in [7, 11) is 0. The molecule has 19 heavy (non-hydrogen) atoms. The third kappa shape index (κ3) is 3.68. The Bertz CT molecular complexity index is 434. The molecule has 1 aliphatic heterocycles. The van der Waals surface area contributed by atoms with Crippen LogP contribution in [-0.2, 0) is 4.74 Å². The average molecular weight is 264 g/mol. The monoisotopic (exact) mass is 264 g/mol. The Kier molecular flexibility index (Phi) is 4.07. The minimum absolute atomic E-state index is 0.146. The molecule has 1 aromatic carbocycles. The zero-order valence-corrected chi connectivity index (χ0v) is 11.3. The summed E-state index contributed by atoms with van der Waals surface area (Å²) >= 11 is 0. The van der Waals surface area contributed by atoms with Crippen LogP contribution in [0, 0.1) is 0 Å². The Labute approximate surface area is 113 Å². The lowest BCUT2D eigenvalue weighted by atomic mass is 10.1. The lowest BCUT2D eigenvalue weighted by Gasteiger charge is -2.41. The predicted octanol–water partition coefficient (Wildman–Crippen LogP) is 1.62. The summed E-state index contributed by atoms with van der Waals surface area (Å²) in [5.74, 6) is 0.543. The van der Waals surface area contributed by atoms with Crippen molar-refractivity contribution in [3.05, 3.63) is 30.3 Å². The van der Waals surface area contributed by atoms with Gasteiger partial charge in [0.15, 0.2) is 0 Å². The molecule has 1 atom stereocenters. The second kappa shape index (κ2) is 5.59. The average Bonchev–Trinajstić information content (AvgIpc) is 2.38. The van der Waals surface area contributed by atoms with Gasteiger partial charge in [0.05, 0.1) is 24.8 Å². The molecule has 0 saturated carbocycles. The first-order chi connectivity index (χ1) is 9.00. The summed E-state index contributed by atoms with van der Waals surface area (Å²) < 4.78 is 11.1. The van der Waals surface area contributed by atoms with Gasteiger partial charge in [-0.3, -0.25) is 0 Å². The van der Waals surface area contributed by atoms with Gasteiger partial charge >= 0.3 is 6.09 Å². The van der Waals surface area contributed by atoms with Crippen LogP contribution in [0.2, 0.25) is 0 Å². The second-order valence-corrected chi connectivity index (χ2v) is 5.30. The molecule has 0 bridgehead atoms. The molecule has 1 unspecified atom stereocenters. The molecule has 104 valence electrons.